The molecule has 0 spiro atoms. The van der Waals surface area contributed by atoms with Gasteiger partial charge in [0.05, 0.1) is 11.8 Å². The zero-order valence-corrected chi connectivity index (χ0v) is 10.3. The number of hydrogen-bond donors (Lipinski definition) is 1. The van der Waals surface area contributed by atoms with Gasteiger partial charge >= 0.3 is 0 Å². The monoisotopic (exact) mass is 241 g/mol. The number of benzene rings is 1. The molecule has 1 aromatic heterocycles. The number of hydrogen-bond acceptors (Lipinski definition) is 2. The topological polar surface area (TPSA) is 49.0 Å². The van der Waals surface area contributed by atoms with Gasteiger partial charge in [-0.05, 0) is 24.5 Å². The lowest BCUT2D eigenvalue weighted by Gasteiger charge is -2.28. The summed E-state index contributed by atoms with van der Waals surface area (Å²) in [5.74, 6) is 0.0655. The highest BCUT2D eigenvalue weighted by Crippen LogP contribution is 2.20. The summed E-state index contributed by atoms with van der Waals surface area (Å²) < 4.78 is 0. The summed E-state index contributed by atoms with van der Waals surface area (Å²) in [4.78, 5) is 14.2. The standard InChI is InChI=1S/C14H15N3O/c1-10-13(8-15-16-10)14(18)17-7-6-11-4-2-3-5-12(11)9-17/h2-5,8H,6-7,9H2,1H3,(H,15,16). The first-order chi connectivity index (χ1) is 8.75. The van der Waals surface area contributed by atoms with Gasteiger partial charge < -0.3 is 4.90 Å². The Kier molecular flexibility index (Phi) is 2.63. The van der Waals surface area contributed by atoms with Gasteiger partial charge in [-0.1, -0.05) is 24.3 Å². The van der Waals surface area contributed by atoms with Gasteiger partial charge in [-0.2, -0.15) is 5.10 Å². The number of amides is 1. The lowest BCUT2D eigenvalue weighted by Crippen LogP contribution is -2.36. The number of carbonyl (C=O) groups is 1. The molecular formula is C14H15N3O. The fourth-order valence-corrected chi connectivity index (χ4v) is 2.41. The molecule has 1 N–H and O–H groups in total. The number of nitrogens with zero attached hydrogens (tertiary/aromatic N) is 2. The summed E-state index contributed by atoms with van der Waals surface area (Å²) in [6.45, 7) is 3.35. The maximum Gasteiger partial charge on any atom is 0.257 e. The minimum Gasteiger partial charge on any atom is -0.334 e. The van der Waals surface area contributed by atoms with E-state index >= 15 is 0 Å². The van der Waals surface area contributed by atoms with Gasteiger partial charge in [-0.15, -0.1) is 0 Å². The number of carbonyl (C=O) groups excluding carboxylic acids is 1. The molecule has 2 aromatic rings. The summed E-state index contributed by atoms with van der Waals surface area (Å²) in [6, 6.07) is 8.31. The first-order valence-electron chi connectivity index (χ1n) is 6.12. The van der Waals surface area contributed by atoms with Gasteiger partial charge in [-0.25, -0.2) is 0 Å². The van der Waals surface area contributed by atoms with E-state index in [1.54, 1.807) is 6.20 Å². The van der Waals surface area contributed by atoms with Crippen molar-refractivity contribution in [3.8, 4) is 0 Å². The molecule has 0 atom stereocenters. The molecule has 0 fully saturated rings. The maximum absolute atomic E-state index is 12.4. The number of fused-ring (bicyclic) bond motifs is 1. The molecule has 1 aliphatic rings. The van der Waals surface area contributed by atoms with Crippen molar-refractivity contribution in [2.75, 3.05) is 6.54 Å². The predicted molar refractivity (Wildman–Crippen MR) is 68.2 cm³/mol. The number of rotatable bonds is 1. The lowest BCUT2D eigenvalue weighted by atomic mass is 9.99. The highest BCUT2D eigenvalue weighted by molar-refractivity contribution is 5.95. The van der Waals surface area contributed by atoms with E-state index in [1.165, 1.54) is 11.1 Å². The van der Waals surface area contributed by atoms with Crippen molar-refractivity contribution < 1.29 is 4.79 Å². The van der Waals surface area contributed by atoms with Gasteiger partial charge in [0, 0.05) is 18.8 Å². The third-order valence-electron chi connectivity index (χ3n) is 3.48. The van der Waals surface area contributed by atoms with Gasteiger partial charge in [0.2, 0.25) is 0 Å². The number of aryl methyl sites for hydroxylation is 1. The Bertz CT molecular complexity index is 588. The Morgan fingerprint density at radius 3 is 2.83 bits per heavy atom. The molecule has 2 heterocycles. The summed E-state index contributed by atoms with van der Waals surface area (Å²) >= 11 is 0. The van der Waals surface area contributed by atoms with Crippen molar-refractivity contribution in [1.82, 2.24) is 15.1 Å². The molecule has 18 heavy (non-hydrogen) atoms. The highest BCUT2D eigenvalue weighted by atomic mass is 16.2. The summed E-state index contributed by atoms with van der Waals surface area (Å²) in [5, 5.41) is 6.72. The zero-order chi connectivity index (χ0) is 12.5. The van der Waals surface area contributed by atoms with Gasteiger partial charge in [0.25, 0.3) is 5.91 Å². The second-order valence-corrected chi connectivity index (χ2v) is 4.65. The number of nitrogens with one attached hydrogen (secondary N) is 1. The largest absolute Gasteiger partial charge is 0.334 e. The Morgan fingerprint density at radius 1 is 1.33 bits per heavy atom. The van der Waals surface area contributed by atoms with Crippen LogP contribution in [0.1, 0.15) is 27.2 Å². The highest BCUT2D eigenvalue weighted by Gasteiger charge is 2.23. The molecular weight excluding hydrogens is 226 g/mol. The molecule has 3 rings (SSSR count). The second-order valence-electron chi connectivity index (χ2n) is 4.65. The SMILES string of the molecule is Cc1[nH]ncc1C(=O)N1CCc2ccccc2C1. The molecule has 1 amide bonds. The van der Waals surface area contributed by atoms with Crippen LogP contribution >= 0.6 is 0 Å². The smallest absolute Gasteiger partial charge is 0.257 e. The van der Waals surface area contributed by atoms with Crippen molar-refractivity contribution in [2.24, 2.45) is 0 Å². The van der Waals surface area contributed by atoms with E-state index in [2.05, 4.69) is 28.4 Å². The van der Waals surface area contributed by atoms with Crippen LogP contribution in [0.4, 0.5) is 0 Å². The van der Waals surface area contributed by atoms with Crippen LogP contribution in [0.15, 0.2) is 30.5 Å². The van der Waals surface area contributed by atoms with Crippen LogP contribution in [0, 0.1) is 6.92 Å². The van der Waals surface area contributed by atoms with Crippen molar-refractivity contribution >= 4 is 5.91 Å². The quantitative estimate of drug-likeness (QED) is 0.829. The summed E-state index contributed by atoms with van der Waals surface area (Å²) in [5.41, 5.74) is 4.11. The Morgan fingerprint density at radius 2 is 2.11 bits per heavy atom. The maximum atomic E-state index is 12.4. The molecule has 4 heteroatoms. The zero-order valence-electron chi connectivity index (χ0n) is 10.3. The summed E-state index contributed by atoms with van der Waals surface area (Å²) in [7, 11) is 0. The van der Waals surface area contributed by atoms with Gasteiger partial charge in [0.15, 0.2) is 0 Å². The first-order valence-corrected chi connectivity index (χ1v) is 6.12. The van der Waals surface area contributed by atoms with E-state index in [4.69, 9.17) is 0 Å². The molecule has 0 saturated carbocycles. The normalized spacial score (nSPS) is 14.4. The number of H-pyrrole nitrogens is 1. The molecule has 0 bridgehead atoms. The van der Waals surface area contributed by atoms with Crippen molar-refractivity contribution in [3.05, 3.63) is 52.8 Å². The molecule has 0 saturated heterocycles. The molecule has 0 unspecified atom stereocenters. The van der Waals surface area contributed by atoms with Crippen LogP contribution in [0.5, 0.6) is 0 Å². The Hall–Kier alpha value is -2.10. The number of aromatic nitrogens is 2. The van der Waals surface area contributed by atoms with E-state index in [1.807, 2.05) is 17.9 Å². The third kappa shape index (κ3) is 1.79. The second kappa shape index (κ2) is 4.29. The predicted octanol–water partition coefficient (Wildman–Crippen LogP) is 1.92. The first kappa shape index (κ1) is 11.0. The van der Waals surface area contributed by atoms with Crippen molar-refractivity contribution in [3.63, 3.8) is 0 Å². The van der Waals surface area contributed by atoms with Crippen molar-refractivity contribution in [1.29, 1.82) is 0 Å². The van der Waals surface area contributed by atoms with Crippen LogP contribution in [-0.4, -0.2) is 27.5 Å². The minimum atomic E-state index is 0.0655. The van der Waals surface area contributed by atoms with Crippen LogP contribution < -0.4 is 0 Å². The molecule has 0 aliphatic carbocycles. The van der Waals surface area contributed by atoms with Crippen molar-refractivity contribution in [2.45, 2.75) is 19.9 Å². The van der Waals surface area contributed by atoms with E-state index in [9.17, 15) is 4.79 Å². The van der Waals surface area contributed by atoms with Crippen LogP contribution in [0.25, 0.3) is 0 Å². The molecule has 92 valence electrons. The van der Waals surface area contributed by atoms with E-state index in [-0.39, 0.29) is 5.91 Å². The van der Waals surface area contributed by atoms with Gasteiger partial charge in [0.1, 0.15) is 0 Å². The fraction of sp³-hybridized carbons (Fsp3) is 0.286. The lowest BCUT2D eigenvalue weighted by molar-refractivity contribution is 0.0734. The van der Waals surface area contributed by atoms with Gasteiger partial charge in [-0.3, -0.25) is 9.89 Å². The summed E-state index contributed by atoms with van der Waals surface area (Å²) in [6.07, 6.45) is 2.54. The fourth-order valence-electron chi connectivity index (χ4n) is 2.41. The van der Waals surface area contributed by atoms with E-state index in [0.29, 0.717) is 12.1 Å². The molecule has 0 radical (unpaired) electrons. The van der Waals surface area contributed by atoms with Crippen LogP contribution in [0.3, 0.4) is 0 Å². The third-order valence-corrected chi connectivity index (χ3v) is 3.48. The molecule has 1 aromatic carbocycles. The van der Waals surface area contributed by atoms with E-state index in [0.717, 1.165) is 18.7 Å². The van der Waals surface area contributed by atoms with E-state index < -0.39 is 0 Å². The average molecular weight is 241 g/mol. The van der Waals surface area contributed by atoms with Crippen LogP contribution in [-0.2, 0) is 13.0 Å². The van der Waals surface area contributed by atoms with Crippen LogP contribution in [0.2, 0.25) is 0 Å². The average Bonchev–Trinajstić information content (AvgIpc) is 2.83. The Balaban J connectivity index is 1.84. The molecule has 1 aliphatic heterocycles. The Labute approximate surface area is 106 Å². The number of aromatic amines is 1. The minimum absolute atomic E-state index is 0.0655. The molecule has 4 nitrogen and oxygen atoms in total.